The third-order valence-electron chi connectivity index (χ3n) is 4.49. The molecule has 0 aromatic heterocycles. The van der Waals surface area contributed by atoms with Crippen molar-refractivity contribution < 1.29 is 14.2 Å². The van der Waals surface area contributed by atoms with Gasteiger partial charge in [0.05, 0.1) is 32.0 Å². The van der Waals surface area contributed by atoms with E-state index in [1.54, 1.807) is 21.3 Å². The molecule has 7 heteroatoms. The topological polar surface area (TPSA) is 34.2 Å². The van der Waals surface area contributed by atoms with Crippen LogP contribution in [0.1, 0.15) is 10.9 Å². The van der Waals surface area contributed by atoms with E-state index in [0.29, 0.717) is 17.2 Å². The molecule has 1 aliphatic heterocycles. The molecule has 3 rings (SSSR count). The molecule has 0 aliphatic carbocycles. The van der Waals surface area contributed by atoms with E-state index in [9.17, 15) is 0 Å². The van der Waals surface area contributed by atoms with Gasteiger partial charge in [-0.3, -0.25) is 0 Å². The van der Waals surface area contributed by atoms with E-state index >= 15 is 0 Å². The van der Waals surface area contributed by atoms with Crippen LogP contribution in [0.15, 0.2) is 36.4 Å². The maximum absolute atomic E-state index is 5.67. The highest BCUT2D eigenvalue weighted by Crippen LogP contribution is 2.47. The maximum atomic E-state index is 5.67. The molecular formula is C20H24N2O3S2. The molecule has 2 aromatic rings. The number of benzene rings is 2. The lowest BCUT2D eigenvalue weighted by Crippen LogP contribution is -2.26. The summed E-state index contributed by atoms with van der Waals surface area (Å²) in [6.45, 7) is 0. The molecule has 0 saturated carbocycles. The van der Waals surface area contributed by atoms with E-state index in [1.807, 2.05) is 38.0 Å². The van der Waals surface area contributed by atoms with Crippen molar-refractivity contribution in [3.8, 4) is 17.2 Å². The van der Waals surface area contributed by atoms with E-state index < -0.39 is 0 Å². The predicted molar refractivity (Wildman–Crippen MR) is 117 cm³/mol. The van der Waals surface area contributed by atoms with Crippen LogP contribution >= 0.6 is 24.0 Å². The predicted octanol–water partition coefficient (Wildman–Crippen LogP) is 4.36. The average molecular weight is 405 g/mol. The summed E-state index contributed by atoms with van der Waals surface area (Å²) in [6.07, 6.45) is 0. The van der Waals surface area contributed by atoms with Crippen molar-refractivity contribution in [1.29, 1.82) is 0 Å². The molecule has 27 heavy (non-hydrogen) atoms. The maximum Gasteiger partial charge on any atom is 0.203 e. The lowest BCUT2D eigenvalue weighted by molar-refractivity contribution is 0.324. The molecular weight excluding hydrogens is 380 g/mol. The van der Waals surface area contributed by atoms with Gasteiger partial charge in [0.2, 0.25) is 5.75 Å². The summed E-state index contributed by atoms with van der Waals surface area (Å²) in [5.74, 6) is 2.61. The van der Waals surface area contributed by atoms with Crippen LogP contribution in [0.4, 0.5) is 11.4 Å². The Morgan fingerprint density at radius 1 is 1.00 bits per heavy atom. The zero-order valence-corrected chi connectivity index (χ0v) is 17.8. The zero-order valence-electron chi connectivity index (χ0n) is 16.2. The molecule has 2 aromatic carbocycles. The van der Waals surface area contributed by atoms with E-state index in [2.05, 4.69) is 34.1 Å². The van der Waals surface area contributed by atoms with Gasteiger partial charge in [-0.15, -0.1) is 11.8 Å². The van der Waals surface area contributed by atoms with Crippen LogP contribution in [0.3, 0.4) is 0 Å². The number of hydrogen-bond donors (Lipinski definition) is 0. The van der Waals surface area contributed by atoms with Crippen LogP contribution in [0.2, 0.25) is 0 Å². The molecule has 0 amide bonds. The average Bonchev–Trinajstić information content (AvgIpc) is 3.08. The summed E-state index contributed by atoms with van der Waals surface area (Å²) in [7, 11) is 8.92. The van der Waals surface area contributed by atoms with Crippen LogP contribution in [0, 0.1) is 0 Å². The molecule has 1 aliphatic rings. The van der Waals surface area contributed by atoms with E-state index in [-0.39, 0.29) is 5.37 Å². The fourth-order valence-corrected chi connectivity index (χ4v) is 4.76. The van der Waals surface area contributed by atoms with Gasteiger partial charge in [0.15, 0.2) is 11.5 Å². The van der Waals surface area contributed by atoms with Gasteiger partial charge in [-0.05, 0) is 17.7 Å². The first kappa shape index (κ1) is 19.6. The summed E-state index contributed by atoms with van der Waals surface area (Å²) in [6, 6.07) is 12.5. The minimum Gasteiger partial charge on any atom is -0.493 e. The fourth-order valence-electron chi connectivity index (χ4n) is 3.09. The van der Waals surface area contributed by atoms with Crippen molar-refractivity contribution in [1.82, 2.24) is 0 Å². The molecule has 1 saturated heterocycles. The Morgan fingerprint density at radius 2 is 1.59 bits per heavy atom. The number of nitrogens with zero attached hydrogens (tertiary/aromatic N) is 2. The van der Waals surface area contributed by atoms with Gasteiger partial charge < -0.3 is 24.0 Å². The normalized spacial score (nSPS) is 16.4. The summed E-state index contributed by atoms with van der Waals surface area (Å²) in [4.78, 5) is 5.14. The number of anilines is 2. The molecule has 0 N–H and O–H groups in total. The third kappa shape index (κ3) is 3.80. The zero-order chi connectivity index (χ0) is 19.6. The Bertz CT molecular complexity index is 799. The SMILES string of the molecule is COc1cc(N2C(=S)CSC2c2ccc(N(C)C)cc2)cc(OC)c1OC. The number of thiocarbonyl (C=S) groups is 1. The van der Waals surface area contributed by atoms with Gasteiger partial charge in [0.25, 0.3) is 0 Å². The van der Waals surface area contributed by atoms with E-state index in [1.165, 1.54) is 11.3 Å². The molecule has 144 valence electrons. The lowest BCUT2D eigenvalue weighted by atomic mass is 10.1. The lowest BCUT2D eigenvalue weighted by Gasteiger charge is -2.27. The van der Waals surface area contributed by atoms with E-state index in [0.717, 1.165) is 16.4 Å². The summed E-state index contributed by atoms with van der Waals surface area (Å²) in [5.41, 5.74) is 3.31. The van der Waals surface area contributed by atoms with E-state index in [4.69, 9.17) is 26.4 Å². The van der Waals surface area contributed by atoms with Crippen molar-refractivity contribution in [3.05, 3.63) is 42.0 Å². The Morgan fingerprint density at radius 3 is 2.07 bits per heavy atom. The standard InChI is InChI=1S/C20H24N2O3S2/c1-21(2)14-8-6-13(7-9-14)20-22(18(26)12-27-20)15-10-16(23-3)19(25-5)17(11-15)24-4/h6-11,20H,12H2,1-5H3. The Labute approximate surface area is 170 Å². The second kappa shape index (κ2) is 8.27. The molecule has 5 nitrogen and oxygen atoms in total. The van der Waals surface area contributed by atoms with Crippen LogP contribution in [0.25, 0.3) is 0 Å². The summed E-state index contributed by atoms with van der Waals surface area (Å²) >= 11 is 7.49. The smallest absolute Gasteiger partial charge is 0.203 e. The highest BCUT2D eigenvalue weighted by atomic mass is 32.2. The molecule has 0 spiro atoms. The van der Waals surface area contributed by atoms with Gasteiger partial charge in [0.1, 0.15) is 5.37 Å². The van der Waals surface area contributed by atoms with Crippen molar-refractivity contribution >= 4 is 40.3 Å². The Kier molecular flexibility index (Phi) is 6.01. The second-order valence-electron chi connectivity index (χ2n) is 6.30. The number of methoxy groups -OCH3 is 3. The monoisotopic (exact) mass is 404 g/mol. The fraction of sp³-hybridized carbons (Fsp3) is 0.350. The quantitative estimate of drug-likeness (QED) is 0.662. The van der Waals surface area contributed by atoms with Crippen molar-refractivity contribution in [2.45, 2.75) is 5.37 Å². The summed E-state index contributed by atoms with van der Waals surface area (Å²) < 4.78 is 16.5. The van der Waals surface area contributed by atoms with Crippen molar-refractivity contribution in [2.24, 2.45) is 0 Å². The highest BCUT2D eigenvalue weighted by molar-refractivity contribution is 8.02. The Hall–Kier alpha value is -2.12. The van der Waals surface area contributed by atoms with Gasteiger partial charge in [-0.25, -0.2) is 0 Å². The van der Waals surface area contributed by atoms with Crippen molar-refractivity contribution in [2.75, 3.05) is 51.0 Å². The molecule has 0 radical (unpaired) electrons. The van der Waals surface area contributed by atoms with Crippen LogP contribution < -0.4 is 24.0 Å². The first-order valence-corrected chi connectivity index (χ1v) is 9.96. The number of ether oxygens (including phenoxy) is 3. The van der Waals surface area contributed by atoms with Gasteiger partial charge in [-0.1, -0.05) is 24.4 Å². The number of hydrogen-bond acceptors (Lipinski definition) is 6. The Balaban J connectivity index is 2.01. The van der Waals surface area contributed by atoms with Crippen LogP contribution in [-0.2, 0) is 0 Å². The highest BCUT2D eigenvalue weighted by Gasteiger charge is 2.32. The third-order valence-corrected chi connectivity index (χ3v) is 6.25. The largest absolute Gasteiger partial charge is 0.493 e. The second-order valence-corrected chi connectivity index (χ2v) is 7.84. The number of rotatable bonds is 6. The molecule has 1 heterocycles. The first-order valence-electron chi connectivity index (χ1n) is 8.51. The first-order chi connectivity index (χ1) is 13.0. The summed E-state index contributed by atoms with van der Waals surface area (Å²) in [5, 5.41) is 0.108. The molecule has 1 fully saturated rings. The van der Waals surface area contributed by atoms with Crippen LogP contribution in [-0.4, -0.2) is 46.2 Å². The molecule has 1 unspecified atom stereocenters. The van der Waals surface area contributed by atoms with Gasteiger partial charge in [-0.2, -0.15) is 0 Å². The van der Waals surface area contributed by atoms with Crippen molar-refractivity contribution in [3.63, 3.8) is 0 Å². The van der Waals surface area contributed by atoms with Gasteiger partial charge in [0, 0.05) is 37.7 Å². The van der Waals surface area contributed by atoms with Crippen LogP contribution in [0.5, 0.6) is 17.2 Å². The molecule has 0 bridgehead atoms. The minimum absolute atomic E-state index is 0.108. The number of thioether (sulfide) groups is 1. The molecule has 1 atom stereocenters. The van der Waals surface area contributed by atoms with Gasteiger partial charge >= 0.3 is 0 Å². The minimum atomic E-state index is 0.108.